The van der Waals surface area contributed by atoms with Crippen LogP contribution in [0.3, 0.4) is 0 Å². The van der Waals surface area contributed by atoms with Crippen molar-refractivity contribution in [2.45, 2.75) is 24.0 Å². The maximum atomic E-state index is 12.2. The molecule has 0 spiro atoms. The van der Waals surface area contributed by atoms with Crippen molar-refractivity contribution in [3.63, 3.8) is 0 Å². The van der Waals surface area contributed by atoms with Crippen molar-refractivity contribution in [3.8, 4) is 11.5 Å². The number of nitrogens with one attached hydrogen (secondary N) is 1. The van der Waals surface area contributed by atoms with Crippen molar-refractivity contribution in [2.75, 3.05) is 13.2 Å². The van der Waals surface area contributed by atoms with E-state index in [1.807, 2.05) is 38.1 Å². The molecule has 0 saturated carbocycles. The Balaban J connectivity index is 1.94. The summed E-state index contributed by atoms with van der Waals surface area (Å²) in [6.45, 7) is 8.27. The maximum Gasteiger partial charge on any atom is 0.253 e. The third-order valence-corrected chi connectivity index (χ3v) is 4.87. The zero-order valence-electron chi connectivity index (χ0n) is 15.9. The Morgan fingerprint density at radius 1 is 1.25 bits per heavy atom. The lowest BCUT2D eigenvalue weighted by Gasteiger charge is -2.11. The molecule has 0 aliphatic rings. The molecule has 7 heteroatoms. The number of hydrogen-bond acceptors (Lipinski definition) is 5. The lowest BCUT2D eigenvalue weighted by molar-refractivity contribution is -0.120. The van der Waals surface area contributed by atoms with Gasteiger partial charge in [0, 0.05) is 9.92 Å². The van der Waals surface area contributed by atoms with Gasteiger partial charge < -0.3 is 9.47 Å². The van der Waals surface area contributed by atoms with Gasteiger partial charge >= 0.3 is 0 Å². The molecule has 28 heavy (non-hydrogen) atoms. The van der Waals surface area contributed by atoms with Gasteiger partial charge in [0.05, 0.1) is 18.1 Å². The predicted octanol–water partition coefficient (Wildman–Crippen LogP) is 4.93. The van der Waals surface area contributed by atoms with E-state index in [4.69, 9.17) is 21.1 Å². The van der Waals surface area contributed by atoms with Gasteiger partial charge in [0.2, 0.25) is 0 Å². The van der Waals surface area contributed by atoms with E-state index in [1.165, 1.54) is 11.8 Å². The molecule has 0 aliphatic heterocycles. The molecule has 2 rings (SSSR count). The van der Waals surface area contributed by atoms with E-state index in [0.717, 1.165) is 10.5 Å². The number of thioether (sulfide) groups is 1. The number of halogens is 1. The number of amides is 1. The van der Waals surface area contributed by atoms with Crippen LogP contribution >= 0.6 is 23.4 Å². The summed E-state index contributed by atoms with van der Waals surface area (Å²) in [6, 6.07) is 12.8. The van der Waals surface area contributed by atoms with Gasteiger partial charge in [-0.1, -0.05) is 24.3 Å². The fourth-order valence-corrected chi connectivity index (χ4v) is 3.16. The van der Waals surface area contributed by atoms with Crippen LogP contribution in [0.1, 0.15) is 19.4 Å². The molecular formula is C21H23ClN2O3S. The molecule has 2 aromatic rings. The summed E-state index contributed by atoms with van der Waals surface area (Å²) in [7, 11) is 0. The molecule has 0 fully saturated rings. The van der Waals surface area contributed by atoms with Crippen molar-refractivity contribution < 1.29 is 14.3 Å². The van der Waals surface area contributed by atoms with Crippen LogP contribution in [-0.2, 0) is 4.79 Å². The molecule has 1 atom stereocenters. The first-order chi connectivity index (χ1) is 13.5. The van der Waals surface area contributed by atoms with E-state index in [9.17, 15) is 4.79 Å². The number of carbonyl (C=O) groups is 1. The highest BCUT2D eigenvalue weighted by Crippen LogP contribution is 2.28. The van der Waals surface area contributed by atoms with E-state index >= 15 is 0 Å². The number of ether oxygens (including phenoxy) is 2. The number of nitrogens with zero attached hydrogens (tertiary/aromatic N) is 1. The van der Waals surface area contributed by atoms with Gasteiger partial charge in [-0.2, -0.15) is 5.10 Å². The first-order valence-electron chi connectivity index (χ1n) is 8.79. The molecule has 0 aromatic heterocycles. The molecule has 148 valence electrons. The summed E-state index contributed by atoms with van der Waals surface area (Å²) in [5, 5.41) is 4.41. The summed E-state index contributed by atoms with van der Waals surface area (Å²) in [5.41, 5.74) is 3.35. The minimum Gasteiger partial charge on any atom is -0.490 e. The molecular weight excluding hydrogens is 396 g/mol. The van der Waals surface area contributed by atoms with Crippen molar-refractivity contribution in [3.05, 3.63) is 65.7 Å². The number of rotatable bonds is 10. The summed E-state index contributed by atoms with van der Waals surface area (Å²) in [4.78, 5) is 13.2. The number of carbonyl (C=O) groups excluding carboxylic acids is 1. The van der Waals surface area contributed by atoms with Gasteiger partial charge in [0.15, 0.2) is 11.5 Å². The van der Waals surface area contributed by atoms with Crippen LogP contribution in [0.2, 0.25) is 5.02 Å². The van der Waals surface area contributed by atoms with Crippen LogP contribution in [-0.4, -0.2) is 30.6 Å². The molecule has 5 nitrogen and oxygen atoms in total. The Morgan fingerprint density at radius 3 is 2.68 bits per heavy atom. The number of hydrazone groups is 1. The fraction of sp³-hybridized carbons (Fsp3) is 0.238. The summed E-state index contributed by atoms with van der Waals surface area (Å²) >= 11 is 7.31. The fourth-order valence-electron chi connectivity index (χ4n) is 2.17. The average Bonchev–Trinajstić information content (AvgIpc) is 2.69. The highest BCUT2D eigenvalue weighted by atomic mass is 35.5. The second kappa shape index (κ2) is 11.4. The summed E-state index contributed by atoms with van der Waals surface area (Å²) in [6.07, 6.45) is 3.24. The molecule has 0 saturated heterocycles. The van der Waals surface area contributed by atoms with E-state index in [-0.39, 0.29) is 11.2 Å². The monoisotopic (exact) mass is 418 g/mol. The Bertz CT molecular complexity index is 825. The third-order valence-electron chi connectivity index (χ3n) is 3.51. The van der Waals surface area contributed by atoms with Gasteiger partial charge in [0.1, 0.15) is 6.61 Å². The molecule has 1 amide bonds. The van der Waals surface area contributed by atoms with E-state index in [0.29, 0.717) is 29.7 Å². The van der Waals surface area contributed by atoms with Gasteiger partial charge in [0.25, 0.3) is 5.91 Å². The Labute approximate surface area is 174 Å². The van der Waals surface area contributed by atoms with Crippen LogP contribution < -0.4 is 14.9 Å². The van der Waals surface area contributed by atoms with E-state index in [1.54, 1.807) is 30.5 Å². The SMILES string of the molecule is C=CCOc1ccc(/C=N\NC(=O)[C@H](C)Sc2ccc(Cl)cc2)cc1OCC. The Hall–Kier alpha value is -2.44. The molecule has 0 aliphatic carbocycles. The van der Waals surface area contributed by atoms with Crippen LogP contribution in [0, 0.1) is 0 Å². The van der Waals surface area contributed by atoms with Gasteiger partial charge in [-0.15, -0.1) is 11.8 Å². The number of hydrogen-bond donors (Lipinski definition) is 1. The Morgan fingerprint density at radius 2 is 2.00 bits per heavy atom. The molecule has 0 radical (unpaired) electrons. The van der Waals surface area contributed by atoms with Gasteiger partial charge in [-0.05, 0) is 61.9 Å². The predicted molar refractivity (Wildman–Crippen MR) is 116 cm³/mol. The topological polar surface area (TPSA) is 59.9 Å². The largest absolute Gasteiger partial charge is 0.490 e. The number of benzene rings is 2. The van der Waals surface area contributed by atoms with E-state index < -0.39 is 0 Å². The summed E-state index contributed by atoms with van der Waals surface area (Å²) < 4.78 is 11.2. The highest BCUT2D eigenvalue weighted by Gasteiger charge is 2.13. The van der Waals surface area contributed by atoms with Crippen molar-refractivity contribution in [1.29, 1.82) is 0 Å². The van der Waals surface area contributed by atoms with Gasteiger partial charge in [-0.25, -0.2) is 5.43 Å². The summed E-state index contributed by atoms with van der Waals surface area (Å²) in [5.74, 6) is 1.06. The molecule has 1 N–H and O–H groups in total. The van der Waals surface area contributed by atoms with Crippen molar-refractivity contribution in [1.82, 2.24) is 5.43 Å². The smallest absolute Gasteiger partial charge is 0.253 e. The standard InChI is InChI=1S/C21H23ClN2O3S/c1-4-12-27-19-11-6-16(13-20(19)26-5-2)14-23-24-21(25)15(3)28-18-9-7-17(22)8-10-18/h4,6-11,13-15H,1,5,12H2,2-3H3,(H,24,25)/b23-14-/t15-/m0/s1. The molecule has 0 heterocycles. The lowest BCUT2D eigenvalue weighted by atomic mass is 10.2. The van der Waals surface area contributed by atoms with Crippen LogP contribution in [0.25, 0.3) is 0 Å². The second-order valence-corrected chi connectivity index (χ2v) is 7.54. The maximum absolute atomic E-state index is 12.2. The normalized spacial score (nSPS) is 11.8. The minimum atomic E-state index is -0.299. The zero-order chi connectivity index (χ0) is 20.4. The average molecular weight is 419 g/mol. The quantitative estimate of drug-likeness (QED) is 0.257. The third kappa shape index (κ3) is 6.94. The van der Waals surface area contributed by atoms with E-state index in [2.05, 4.69) is 17.1 Å². The van der Waals surface area contributed by atoms with Gasteiger partial charge in [-0.3, -0.25) is 4.79 Å². The zero-order valence-corrected chi connectivity index (χ0v) is 17.4. The van der Waals surface area contributed by atoms with Crippen LogP contribution in [0.4, 0.5) is 0 Å². The van der Waals surface area contributed by atoms with Crippen LogP contribution in [0.15, 0.2) is 65.1 Å². The minimum absolute atomic E-state index is 0.188. The molecule has 0 unspecified atom stereocenters. The van der Waals surface area contributed by atoms with Crippen molar-refractivity contribution >= 4 is 35.5 Å². The highest BCUT2D eigenvalue weighted by molar-refractivity contribution is 8.00. The lowest BCUT2D eigenvalue weighted by Crippen LogP contribution is -2.26. The van der Waals surface area contributed by atoms with Crippen molar-refractivity contribution in [2.24, 2.45) is 5.10 Å². The Kier molecular flexibility index (Phi) is 8.91. The first kappa shape index (κ1) is 21.9. The second-order valence-electron chi connectivity index (χ2n) is 5.69. The molecule has 0 bridgehead atoms. The first-order valence-corrected chi connectivity index (χ1v) is 10.0. The molecule has 2 aromatic carbocycles. The van der Waals surface area contributed by atoms with Crippen LogP contribution in [0.5, 0.6) is 11.5 Å².